The van der Waals surface area contributed by atoms with Gasteiger partial charge in [0.25, 0.3) is 0 Å². The molecular formula is C14H18ClN. The van der Waals surface area contributed by atoms with Gasteiger partial charge in [0.2, 0.25) is 0 Å². The van der Waals surface area contributed by atoms with Crippen molar-refractivity contribution in [1.82, 2.24) is 5.32 Å². The predicted octanol–water partition coefficient (Wildman–Crippen LogP) is 3.37. The Morgan fingerprint density at radius 3 is 2.62 bits per heavy atom. The van der Waals surface area contributed by atoms with Gasteiger partial charge in [0.15, 0.2) is 0 Å². The third kappa shape index (κ3) is 1.99. The minimum Gasteiger partial charge on any atom is -0.314 e. The van der Waals surface area contributed by atoms with Gasteiger partial charge >= 0.3 is 0 Å². The smallest absolute Gasteiger partial charge is 0.0406 e. The van der Waals surface area contributed by atoms with E-state index in [4.69, 9.17) is 11.6 Å². The van der Waals surface area contributed by atoms with Gasteiger partial charge in [-0.25, -0.2) is 0 Å². The average molecular weight is 236 g/mol. The Hall–Kier alpha value is -0.530. The summed E-state index contributed by atoms with van der Waals surface area (Å²) in [5.41, 5.74) is 1.84. The fourth-order valence-electron chi connectivity index (χ4n) is 2.53. The van der Waals surface area contributed by atoms with Crippen LogP contribution in [0.15, 0.2) is 24.3 Å². The second kappa shape index (κ2) is 3.75. The molecule has 0 heterocycles. The summed E-state index contributed by atoms with van der Waals surface area (Å²) in [6.07, 6.45) is 4.07. The summed E-state index contributed by atoms with van der Waals surface area (Å²) in [5, 5.41) is 4.46. The zero-order chi connectivity index (χ0) is 11.2. The van der Waals surface area contributed by atoms with Crippen molar-refractivity contribution >= 4 is 11.6 Å². The molecule has 2 aliphatic carbocycles. The lowest BCUT2D eigenvalue weighted by Crippen LogP contribution is -2.22. The average Bonchev–Trinajstić information content (AvgIpc) is 3.14. The molecule has 3 rings (SSSR count). The van der Waals surface area contributed by atoms with Crippen LogP contribution in [0.1, 0.15) is 31.7 Å². The molecule has 0 aromatic heterocycles. The third-order valence-electron chi connectivity index (χ3n) is 4.15. The monoisotopic (exact) mass is 235 g/mol. The van der Waals surface area contributed by atoms with Crippen LogP contribution < -0.4 is 5.32 Å². The molecule has 0 bridgehead atoms. The Balaban J connectivity index is 1.63. The number of nitrogens with one attached hydrogen (secondary N) is 1. The minimum absolute atomic E-state index is 0.395. The van der Waals surface area contributed by atoms with Gasteiger partial charge in [-0.2, -0.15) is 0 Å². The van der Waals surface area contributed by atoms with E-state index in [1.807, 2.05) is 12.1 Å². The summed E-state index contributed by atoms with van der Waals surface area (Å²) in [7, 11) is 0. The van der Waals surface area contributed by atoms with E-state index in [0.29, 0.717) is 5.41 Å². The molecular weight excluding hydrogens is 218 g/mol. The number of rotatable bonds is 4. The van der Waals surface area contributed by atoms with Crippen LogP contribution in [0.4, 0.5) is 0 Å². The molecule has 2 saturated carbocycles. The second-order valence-corrected chi connectivity index (χ2v) is 5.94. The van der Waals surface area contributed by atoms with E-state index in [1.54, 1.807) is 0 Å². The SMILES string of the molecule is CC1(c2ccc(Cl)cc2)CC1CNC1CC1. The van der Waals surface area contributed by atoms with Crippen LogP contribution in [-0.2, 0) is 5.41 Å². The van der Waals surface area contributed by atoms with Gasteiger partial charge < -0.3 is 5.32 Å². The molecule has 1 nitrogen and oxygen atoms in total. The number of hydrogen-bond donors (Lipinski definition) is 1. The van der Waals surface area contributed by atoms with Crippen LogP contribution >= 0.6 is 11.6 Å². The molecule has 2 heteroatoms. The largest absolute Gasteiger partial charge is 0.314 e. The number of benzene rings is 1. The molecule has 2 aliphatic rings. The molecule has 2 unspecified atom stereocenters. The Labute approximate surface area is 102 Å². The van der Waals surface area contributed by atoms with Crippen molar-refractivity contribution in [3.63, 3.8) is 0 Å². The van der Waals surface area contributed by atoms with Crippen LogP contribution in [0, 0.1) is 5.92 Å². The summed E-state index contributed by atoms with van der Waals surface area (Å²) < 4.78 is 0. The first kappa shape index (κ1) is 10.6. The third-order valence-corrected chi connectivity index (χ3v) is 4.40. The fourth-order valence-corrected chi connectivity index (χ4v) is 2.66. The van der Waals surface area contributed by atoms with E-state index < -0.39 is 0 Å². The lowest BCUT2D eigenvalue weighted by atomic mass is 9.95. The minimum atomic E-state index is 0.395. The van der Waals surface area contributed by atoms with Gasteiger partial charge in [-0.3, -0.25) is 0 Å². The first-order valence-electron chi connectivity index (χ1n) is 6.18. The second-order valence-electron chi connectivity index (χ2n) is 5.51. The van der Waals surface area contributed by atoms with Crippen LogP contribution in [0.3, 0.4) is 0 Å². The molecule has 0 amide bonds. The van der Waals surface area contributed by atoms with Gasteiger partial charge in [-0.15, -0.1) is 0 Å². The molecule has 86 valence electrons. The molecule has 1 aromatic rings. The van der Waals surface area contributed by atoms with E-state index in [2.05, 4.69) is 24.4 Å². The molecule has 16 heavy (non-hydrogen) atoms. The highest BCUT2D eigenvalue weighted by Gasteiger charge is 2.50. The lowest BCUT2D eigenvalue weighted by Gasteiger charge is -2.12. The zero-order valence-electron chi connectivity index (χ0n) is 9.67. The standard InChI is InChI=1S/C14H18ClN/c1-14(10-2-4-12(15)5-3-10)8-11(14)9-16-13-6-7-13/h2-5,11,13,16H,6-9H2,1H3. The molecule has 0 saturated heterocycles. The topological polar surface area (TPSA) is 12.0 Å². The van der Waals surface area contributed by atoms with E-state index in [1.165, 1.54) is 31.4 Å². The summed E-state index contributed by atoms with van der Waals surface area (Å²) in [6.45, 7) is 3.55. The maximum Gasteiger partial charge on any atom is 0.0406 e. The quantitative estimate of drug-likeness (QED) is 0.844. The summed E-state index contributed by atoms with van der Waals surface area (Å²) in [6, 6.07) is 9.20. The van der Waals surface area contributed by atoms with Gasteiger partial charge in [0, 0.05) is 11.1 Å². The molecule has 1 aromatic carbocycles. The van der Waals surface area contributed by atoms with Gasteiger partial charge in [0.05, 0.1) is 0 Å². The highest BCUT2D eigenvalue weighted by molar-refractivity contribution is 6.30. The van der Waals surface area contributed by atoms with Crippen LogP contribution in [-0.4, -0.2) is 12.6 Å². The number of halogens is 1. The highest BCUT2D eigenvalue weighted by Crippen LogP contribution is 2.53. The maximum absolute atomic E-state index is 5.92. The lowest BCUT2D eigenvalue weighted by molar-refractivity contribution is 0.576. The van der Waals surface area contributed by atoms with Crippen LogP contribution in [0.5, 0.6) is 0 Å². The van der Waals surface area contributed by atoms with E-state index >= 15 is 0 Å². The fraction of sp³-hybridized carbons (Fsp3) is 0.571. The molecule has 2 atom stereocenters. The van der Waals surface area contributed by atoms with E-state index in [-0.39, 0.29) is 0 Å². The van der Waals surface area contributed by atoms with Crippen molar-refractivity contribution in [1.29, 1.82) is 0 Å². The predicted molar refractivity (Wildman–Crippen MR) is 67.9 cm³/mol. The first-order chi connectivity index (χ1) is 7.68. The van der Waals surface area contributed by atoms with Gasteiger partial charge in [-0.1, -0.05) is 30.7 Å². The Morgan fingerprint density at radius 2 is 2.00 bits per heavy atom. The van der Waals surface area contributed by atoms with Crippen molar-refractivity contribution in [2.45, 2.75) is 37.6 Å². The molecule has 2 fully saturated rings. The van der Waals surface area contributed by atoms with Crippen LogP contribution in [0.2, 0.25) is 5.02 Å². The Morgan fingerprint density at radius 1 is 1.31 bits per heavy atom. The van der Waals surface area contributed by atoms with Crippen LogP contribution in [0.25, 0.3) is 0 Å². The van der Waals surface area contributed by atoms with Crippen molar-refractivity contribution in [3.05, 3.63) is 34.9 Å². The Kier molecular flexibility index (Phi) is 2.49. The van der Waals surface area contributed by atoms with E-state index in [9.17, 15) is 0 Å². The van der Waals surface area contributed by atoms with Crippen molar-refractivity contribution in [2.75, 3.05) is 6.54 Å². The molecule has 1 N–H and O–H groups in total. The van der Waals surface area contributed by atoms with Gasteiger partial charge in [-0.05, 0) is 54.8 Å². The summed E-state index contributed by atoms with van der Waals surface area (Å²) >= 11 is 5.92. The zero-order valence-corrected chi connectivity index (χ0v) is 10.4. The number of hydrogen-bond acceptors (Lipinski definition) is 1. The first-order valence-corrected chi connectivity index (χ1v) is 6.56. The summed E-state index contributed by atoms with van der Waals surface area (Å²) in [4.78, 5) is 0. The van der Waals surface area contributed by atoms with Gasteiger partial charge in [0.1, 0.15) is 0 Å². The Bertz CT molecular complexity index is 382. The maximum atomic E-state index is 5.92. The molecule has 0 spiro atoms. The van der Waals surface area contributed by atoms with Crippen molar-refractivity contribution in [2.24, 2.45) is 5.92 Å². The summed E-state index contributed by atoms with van der Waals surface area (Å²) in [5.74, 6) is 0.814. The van der Waals surface area contributed by atoms with Crippen molar-refractivity contribution < 1.29 is 0 Å². The molecule has 0 aliphatic heterocycles. The van der Waals surface area contributed by atoms with Crippen molar-refractivity contribution in [3.8, 4) is 0 Å². The molecule has 0 radical (unpaired) electrons. The van der Waals surface area contributed by atoms with E-state index in [0.717, 1.165) is 17.0 Å². The normalized spacial score (nSPS) is 32.8. The highest BCUT2D eigenvalue weighted by atomic mass is 35.5.